The first kappa shape index (κ1) is 20.2. The Hall–Kier alpha value is -4.07. The molecule has 4 rings (SSSR count). The van der Waals surface area contributed by atoms with Crippen LogP contribution in [0.25, 0.3) is 0 Å². The number of hydrogen-bond acceptors (Lipinski definition) is 4. The Labute approximate surface area is 176 Å². The Morgan fingerprint density at radius 1 is 0.903 bits per heavy atom. The molecule has 0 bridgehead atoms. The van der Waals surface area contributed by atoms with Gasteiger partial charge < -0.3 is 10.1 Å². The van der Waals surface area contributed by atoms with Crippen molar-refractivity contribution in [1.29, 1.82) is 0 Å². The Morgan fingerprint density at radius 2 is 1.58 bits per heavy atom. The average Bonchev–Trinajstić information content (AvgIpc) is 3.01. The van der Waals surface area contributed by atoms with Crippen LogP contribution in [0.3, 0.4) is 0 Å². The summed E-state index contributed by atoms with van der Waals surface area (Å²) in [6.07, 6.45) is -1.02. The van der Waals surface area contributed by atoms with Gasteiger partial charge in [0.05, 0.1) is 16.8 Å². The van der Waals surface area contributed by atoms with Crippen LogP contribution in [0.15, 0.2) is 66.7 Å². The molecule has 0 aliphatic carbocycles. The number of amides is 3. The van der Waals surface area contributed by atoms with Crippen LogP contribution in [0.1, 0.15) is 27.6 Å². The molecule has 1 aliphatic heterocycles. The maximum atomic E-state index is 13.3. The smallest absolute Gasteiger partial charge is 0.266 e. The Morgan fingerprint density at radius 3 is 2.23 bits per heavy atom. The van der Waals surface area contributed by atoms with Crippen molar-refractivity contribution in [2.24, 2.45) is 0 Å². The summed E-state index contributed by atoms with van der Waals surface area (Å²) in [5, 5.41) is 2.62. The monoisotopic (exact) mass is 422 g/mol. The first-order valence-corrected chi connectivity index (χ1v) is 9.35. The maximum absolute atomic E-state index is 13.3. The predicted octanol–water partition coefficient (Wildman–Crippen LogP) is 4.17. The van der Waals surface area contributed by atoms with Crippen molar-refractivity contribution in [3.8, 4) is 5.75 Å². The number of nitrogens with one attached hydrogen (secondary N) is 1. The van der Waals surface area contributed by atoms with E-state index in [1.165, 1.54) is 19.1 Å². The van der Waals surface area contributed by atoms with Crippen molar-refractivity contribution in [1.82, 2.24) is 0 Å². The van der Waals surface area contributed by atoms with Gasteiger partial charge in [-0.1, -0.05) is 18.2 Å². The van der Waals surface area contributed by atoms with Gasteiger partial charge in [-0.05, 0) is 49.4 Å². The number of imide groups is 1. The first-order valence-electron chi connectivity index (χ1n) is 9.35. The zero-order chi connectivity index (χ0) is 22.1. The lowest BCUT2D eigenvalue weighted by molar-refractivity contribution is -0.122. The number of anilines is 2. The Bertz CT molecular complexity index is 1180. The van der Waals surface area contributed by atoms with Gasteiger partial charge in [0.15, 0.2) is 17.7 Å². The molecule has 6 nitrogen and oxygen atoms in total. The highest BCUT2D eigenvalue weighted by Crippen LogP contribution is 2.29. The van der Waals surface area contributed by atoms with Crippen LogP contribution in [0.2, 0.25) is 0 Å². The molecular formula is C23H16F2N2O4. The number of fused-ring (bicyclic) bond motifs is 1. The first-order chi connectivity index (χ1) is 14.8. The summed E-state index contributed by atoms with van der Waals surface area (Å²) in [7, 11) is 0. The van der Waals surface area contributed by atoms with E-state index in [1.54, 1.807) is 42.5 Å². The van der Waals surface area contributed by atoms with Crippen LogP contribution in [-0.4, -0.2) is 23.8 Å². The molecule has 1 heterocycles. The maximum Gasteiger partial charge on any atom is 0.266 e. The summed E-state index contributed by atoms with van der Waals surface area (Å²) >= 11 is 0. The third kappa shape index (κ3) is 3.87. The van der Waals surface area contributed by atoms with E-state index in [0.717, 1.165) is 17.0 Å². The van der Waals surface area contributed by atoms with Crippen LogP contribution in [-0.2, 0) is 4.79 Å². The molecule has 3 amide bonds. The molecule has 1 aliphatic rings. The lowest BCUT2D eigenvalue weighted by Crippen LogP contribution is -2.31. The van der Waals surface area contributed by atoms with Gasteiger partial charge in [-0.25, -0.2) is 13.7 Å². The van der Waals surface area contributed by atoms with Crippen molar-refractivity contribution in [3.05, 3.63) is 89.5 Å². The van der Waals surface area contributed by atoms with Gasteiger partial charge in [0, 0.05) is 11.8 Å². The molecule has 1 atom stereocenters. The average molecular weight is 422 g/mol. The molecule has 31 heavy (non-hydrogen) atoms. The lowest BCUT2D eigenvalue weighted by atomic mass is 10.1. The SMILES string of the molecule is CC(Oc1ccc(F)c(F)c1)C(=O)Nc1cccc(N2C(=O)c3ccccc3C2=O)c1. The molecule has 3 aromatic carbocycles. The topological polar surface area (TPSA) is 75.7 Å². The number of hydrogen-bond donors (Lipinski definition) is 1. The van der Waals surface area contributed by atoms with Gasteiger partial charge in [0.25, 0.3) is 17.7 Å². The molecule has 3 aromatic rings. The fourth-order valence-electron chi connectivity index (χ4n) is 3.20. The van der Waals surface area contributed by atoms with E-state index >= 15 is 0 Å². The van der Waals surface area contributed by atoms with Crippen molar-refractivity contribution in [3.63, 3.8) is 0 Å². The molecule has 0 aromatic heterocycles. The number of benzene rings is 3. The summed E-state index contributed by atoms with van der Waals surface area (Å²) in [5.41, 5.74) is 1.27. The van der Waals surface area contributed by atoms with Gasteiger partial charge in [-0.2, -0.15) is 0 Å². The third-order valence-electron chi connectivity index (χ3n) is 4.74. The van der Waals surface area contributed by atoms with E-state index in [-0.39, 0.29) is 5.75 Å². The van der Waals surface area contributed by atoms with Gasteiger partial charge >= 0.3 is 0 Å². The number of halogens is 2. The van der Waals surface area contributed by atoms with Gasteiger partial charge in [0.2, 0.25) is 0 Å². The standard InChI is InChI=1S/C23H16F2N2O4/c1-13(31-16-9-10-19(24)20(25)12-16)21(28)26-14-5-4-6-15(11-14)27-22(29)17-7-2-3-8-18(17)23(27)30/h2-13H,1H3,(H,26,28). The molecule has 0 saturated heterocycles. The van der Waals surface area contributed by atoms with Gasteiger partial charge in [0.1, 0.15) is 5.75 Å². The van der Waals surface area contributed by atoms with Gasteiger partial charge in [-0.15, -0.1) is 0 Å². The van der Waals surface area contributed by atoms with Crippen molar-refractivity contribution in [2.45, 2.75) is 13.0 Å². The molecule has 0 radical (unpaired) electrons. The summed E-state index contributed by atoms with van der Waals surface area (Å²) in [4.78, 5) is 38.8. The van der Waals surface area contributed by atoms with Crippen molar-refractivity contribution >= 4 is 29.1 Å². The number of rotatable bonds is 5. The van der Waals surface area contributed by atoms with Crippen LogP contribution in [0, 0.1) is 11.6 Å². The summed E-state index contributed by atoms with van der Waals surface area (Å²) in [6, 6.07) is 15.7. The molecule has 0 fully saturated rings. The van der Waals surface area contributed by atoms with E-state index in [2.05, 4.69) is 5.32 Å². The fraction of sp³-hybridized carbons (Fsp3) is 0.0870. The summed E-state index contributed by atoms with van der Waals surface area (Å²) in [6.45, 7) is 1.45. The van der Waals surface area contributed by atoms with E-state index in [1.807, 2.05) is 0 Å². The zero-order valence-corrected chi connectivity index (χ0v) is 16.3. The second-order valence-corrected chi connectivity index (χ2v) is 6.87. The highest BCUT2D eigenvalue weighted by Gasteiger charge is 2.36. The highest BCUT2D eigenvalue weighted by atomic mass is 19.2. The lowest BCUT2D eigenvalue weighted by Gasteiger charge is -2.17. The minimum absolute atomic E-state index is 0.00123. The number of nitrogens with zero attached hydrogens (tertiary/aromatic N) is 1. The van der Waals surface area contributed by atoms with Gasteiger partial charge in [-0.3, -0.25) is 14.4 Å². The predicted molar refractivity (Wildman–Crippen MR) is 109 cm³/mol. The summed E-state index contributed by atoms with van der Waals surface area (Å²) in [5.74, 6) is -3.54. The molecule has 1 N–H and O–H groups in total. The van der Waals surface area contributed by atoms with E-state index < -0.39 is 35.5 Å². The van der Waals surface area contributed by atoms with E-state index in [9.17, 15) is 23.2 Å². The van der Waals surface area contributed by atoms with Crippen LogP contribution >= 0.6 is 0 Å². The molecule has 0 saturated carbocycles. The Balaban J connectivity index is 1.49. The quantitative estimate of drug-likeness (QED) is 0.627. The Kier molecular flexibility index (Phi) is 5.21. The molecule has 156 valence electrons. The third-order valence-corrected chi connectivity index (χ3v) is 4.74. The normalized spacial score (nSPS) is 13.7. The number of ether oxygens (including phenoxy) is 1. The van der Waals surface area contributed by atoms with Crippen LogP contribution in [0.4, 0.5) is 20.2 Å². The minimum atomic E-state index is -1.08. The van der Waals surface area contributed by atoms with Crippen LogP contribution in [0.5, 0.6) is 5.75 Å². The van der Waals surface area contributed by atoms with Crippen LogP contribution < -0.4 is 15.0 Å². The zero-order valence-electron chi connectivity index (χ0n) is 16.3. The molecule has 0 spiro atoms. The van der Waals surface area contributed by atoms with E-state index in [4.69, 9.17) is 4.74 Å². The largest absolute Gasteiger partial charge is 0.481 e. The highest BCUT2D eigenvalue weighted by molar-refractivity contribution is 6.34. The summed E-state index contributed by atoms with van der Waals surface area (Å²) < 4.78 is 31.7. The number of carbonyl (C=O) groups is 3. The molecule has 8 heteroatoms. The second-order valence-electron chi connectivity index (χ2n) is 6.87. The van der Waals surface area contributed by atoms with Crippen molar-refractivity contribution in [2.75, 3.05) is 10.2 Å². The molecular weight excluding hydrogens is 406 g/mol. The minimum Gasteiger partial charge on any atom is -0.481 e. The fourth-order valence-corrected chi connectivity index (χ4v) is 3.20. The van der Waals surface area contributed by atoms with E-state index in [0.29, 0.717) is 22.5 Å². The second kappa shape index (κ2) is 7.98. The number of carbonyl (C=O) groups excluding carboxylic acids is 3. The van der Waals surface area contributed by atoms with Crippen molar-refractivity contribution < 1.29 is 27.9 Å². The molecule has 1 unspecified atom stereocenters.